The molecule has 0 saturated carbocycles. The lowest BCUT2D eigenvalue weighted by Gasteiger charge is -2.18. The van der Waals surface area contributed by atoms with Gasteiger partial charge in [0.25, 0.3) is 5.91 Å². The second-order valence-electron chi connectivity index (χ2n) is 7.02. The van der Waals surface area contributed by atoms with E-state index in [1.807, 2.05) is 12.1 Å². The Morgan fingerprint density at radius 2 is 1.68 bits per heavy atom. The molecule has 0 aliphatic carbocycles. The number of carbonyl (C=O) groups is 1. The van der Waals surface area contributed by atoms with E-state index in [-0.39, 0.29) is 11.7 Å². The van der Waals surface area contributed by atoms with Gasteiger partial charge in [0.2, 0.25) is 0 Å². The van der Waals surface area contributed by atoms with Crippen LogP contribution < -0.4 is 15.5 Å². The van der Waals surface area contributed by atoms with Crippen molar-refractivity contribution in [1.82, 2.24) is 0 Å². The van der Waals surface area contributed by atoms with Gasteiger partial charge < -0.3 is 15.5 Å². The predicted molar refractivity (Wildman–Crippen MR) is 109 cm³/mol. The SMILES string of the molecule is O=C1Nc2cc(F)ccc2/C1=C\Nc1ccc(N2Cc3ccccc3C2)cc1. The lowest BCUT2D eigenvalue weighted by atomic mass is 10.1. The average Bonchev–Trinajstić information content (AvgIpc) is 3.27. The summed E-state index contributed by atoms with van der Waals surface area (Å²) in [5, 5.41) is 5.86. The summed E-state index contributed by atoms with van der Waals surface area (Å²) in [5.74, 6) is -0.604. The molecule has 0 unspecified atom stereocenters. The summed E-state index contributed by atoms with van der Waals surface area (Å²) in [7, 11) is 0. The van der Waals surface area contributed by atoms with Gasteiger partial charge in [-0.2, -0.15) is 0 Å². The highest BCUT2D eigenvalue weighted by atomic mass is 19.1. The van der Waals surface area contributed by atoms with E-state index in [0.717, 1.165) is 24.5 Å². The number of fused-ring (bicyclic) bond motifs is 2. The van der Waals surface area contributed by atoms with E-state index in [4.69, 9.17) is 0 Å². The lowest BCUT2D eigenvalue weighted by Crippen LogP contribution is -2.14. The molecule has 3 aromatic rings. The maximum Gasteiger partial charge on any atom is 0.257 e. The number of nitrogens with one attached hydrogen (secondary N) is 2. The van der Waals surface area contributed by atoms with Gasteiger partial charge in [0.15, 0.2) is 0 Å². The molecule has 2 heterocycles. The second kappa shape index (κ2) is 6.53. The fourth-order valence-electron chi connectivity index (χ4n) is 3.75. The number of benzene rings is 3. The molecule has 2 aliphatic rings. The second-order valence-corrected chi connectivity index (χ2v) is 7.02. The van der Waals surface area contributed by atoms with Gasteiger partial charge in [0, 0.05) is 36.2 Å². The van der Waals surface area contributed by atoms with Gasteiger partial charge in [0.1, 0.15) is 5.82 Å². The van der Waals surface area contributed by atoms with Crippen molar-refractivity contribution >= 4 is 28.5 Å². The monoisotopic (exact) mass is 371 g/mol. The minimum Gasteiger partial charge on any atom is -0.363 e. The van der Waals surface area contributed by atoms with Crippen LogP contribution in [0.4, 0.5) is 21.5 Å². The maximum absolute atomic E-state index is 13.3. The summed E-state index contributed by atoms with van der Waals surface area (Å²) < 4.78 is 13.3. The molecule has 28 heavy (non-hydrogen) atoms. The first-order valence-corrected chi connectivity index (χ1v) is 9.17. The molecule has 0 atom stereocenters. The van der Waals surface area contributed by atoms with E-state index in [9.17, 15) is 9.18 Å². The number of anilines is 3. The minimum atomic E-state index is -0.368. The highest BCUT2D eigenvalue weighted by Crippen LogP contribution is 2.32. The Morgan fingerprint density at radius 1 is 0.964 bits per heavy atom. The quantitative estimate of drug-likeness (QED) is 0.653. The van der Waals surface area contributed by atoms with Crippen molar-refractivity contribution in [1.29, 1.82) is 0 Å². The molecule has 1 amide bonds. The Labute approximate surface area is 162 Å². The number of hydrogen-bond donors (Lipinski definition) is 2. The molecular weight excluding hydrogens is 353 g/mol. The highest BCUT2D eigenvalue weighted by molar-refractivity contribution is 6.31. The molecule has 3 aromatic carbocycles. The van der Waals surface area contributed by atoms with Gasteiger partial charge in [-0.05, 0) is 53.6 Å². The van der Waals surface area contributed by atoms with Crippen LogP contribution in [0.15, 0.2) is 72.9 Å². The minimum absolute atomic E-state index is 0.237. The third-order valence-corrected chi connectivity index (χ3v) is 5.22. The number of carbonyl (C=O) groups excluding carboxylic acids is 1. The normalized spacial score (nSPS) is 16.1. The van der Waals surface area contributed by atoms with Crippen LogP contribution in [0.2, 0.25) is 0 Å². The van der Waals surface area contributed by atoms with Crippen molar-refractivity contribution in [3.05, 3.63) is 95.4 Å². The van der Waals surface area contributed by atoms with Crippen LogP contribution in [0.1, 0.15) is 16.7 Å². The molecule has 2 N–H and O–H groups in total. The number of halogens is 1. The van der Waals surface area contributed by atoms with Crippen LogP contribution in [-0.2, 0) is 17.9 Å². The van der Waals surface area contributed by atoms with Gasteiger partial charge in [-0.25, -0.2) is 4.39 Å². The Kier molecular flexibility index (Phi) is 3.86. The van der Waals surface area contributed by atoms with Crippen LogP contribution in [0.3, 0.4) is 0 Å². The van der Waals surface area contributed by atoms with Crippen molar-refractivity contribution in [2.24, 2.45) is 0 Å². The Hall–Kier alpha value is -3.60. The van der Waals surface area contributed by atoms with E-state index in [2.05, 4.69) is 51.9 Å². The summed E-state index contributed by atoms with van der Waals surface area (Å²) in [4.78, 5) is 14.5. The molecule has 0 spiro atoms. The first kappa shape index (κ1) is 16.6. The van der Waals surface area contributed by atoms with E-state index < -0.39 is 0 Å². The number of hydrogen-bond acceptors (Lipinski definition) is 3. The summed E-state index contributed by atoms with van der Waals surface area (Å²) in [5.41, 5.74) is 6.49. The highest BCUT2D eigenvalue weighted by Gasteiger charge is 2.24. The van der Waals surface area contributed by atoms with Gasteiger partial charge in [-0.1, -0.05) is 24.3 Å². The molecule has 5 rings (SSSR count). The number of amides is 1. The molecule has 0 aromatic heterocycles. The Balaban J connectivity index is 1.31. The van der Waals surface area contributed by atoms with Crippen molar-refractivity contribution in [2.45, 2.75) is 13.1 Å². The molecular formula is C23H18FN3O. The van der Waals surface area contributed by atoms with E-state index in [1.54, 1.807) is 12.3 Å². The zero-order chi connectivity index (χ0) is 19.1. The van der Waals surface area contributed by atoms with Crippen molar-refractivity contribution in [2.75, 3.05) is 15.5 Å². The van der Waals surface area contributed by atoms with Crippen LogP contribution in [0.5, 0.6) is 0 Å². The van der Waals surface area contributed by atoms with E-state index >= 15 is 0 Å². The molecule has 5 heteroatoms. The van der Waals surface area contributed by atoms with Crippen LogP contribution in [0.25, 0.3) is 5.57 Å². The van der Waals surface area contributed by atoms with E-state index in [0.29, 0.717) is 16.8 Å². The van der Waals surface area contributed by atoms with Crippen LogP contribution >= 0.6 is 0 Å². The molecule has 0 bridgehead atoms. The summed E-state index contributed by atoms with van der Waals surface area (Å²) in [6, 6.07) is 20.9. The largest absolute Gasteiger partial charge is 0.363 e. The smallest absolute Gasteiger partial charge is 0.257 e. The standard InChI is InChI=1S/C23H18FN3O/c24-17-5-10-20-21(23(28)26-22(20)11-17)12-25-18-6-8-19(9-7-18)27-13-15-3-1-2-4-16(15)14-27/h1-12,25H,13-14H2,(H,26,28)/b21-12+. The molecule has 138 valence electrons. The fourth-order valence-corrected chi connectivity index (χ4v) is 3.75. The fraction of sp³-hybridized carbons (Fsp3) is 0.0870. The zero-order valence-electron chi connectivity index (χ0n) is 15.1. The zero-order valence-corrected chi connectivity index (χ0v) is 15.1. The van der Waals surface area contributed by atoms with Gasteiger partial charge in [-0.3, -0.25) is 4.79 Å². The number of nitrogens with zero attached hydrogens (tertiary/aromatic N) is 1. The number of rotatable bonds is 3. The van der Waals surface area contributed by atoms with Crippen molar-refractivity contribution < 1.29 is 9.18 Å². The van der Waals surface area contributed by atoms with Gasteiger partial charge in [-0.15, -0.1) is 0 Å². The molecule has 0 saturated heterocycles. The van der Waals surface area contributed by atoms with Gasteiger partial charge in [0.05, 0.1) is 11.3 Å². The molecule has 4 nitrogen and oxygen atoms in total. The topological polar surface area (TPSA) is 44.4 Å². The average molecular weight is 371 g/mol. The van der Waals surface area contributed by atoms with Crippen molar-refractivity contribution in [3.8, 4) is 0 Å². The van der Waals surface area contributed by atoms with Crippen LogP contribution in [-0.4, -0.2) is 5.91 Å². The summed E-state index contributed by atoms with van der Waals surface area (Å²) in [6.07, 6.45) is 1.67. The first-order valence-electron chi connectivity index (χ1n) is 9.17. The Morgan fingerprint density at radius 3 is 2.39 bits per heavy atom. The predicted octanol–water partition coefficient (Wildman–Crippen LogP) is 4.75. The third kappa shape index (κ3) is 2.91. The molecule has 2 aliphatic heterocycles. The Bertz CT molecular complexity index is 1080. The molecule has 0 fully saturated rings. The van der Waals surface area contributed by atoms with Gasteiger partial charge >= 0.3 is 0 Å². The summed E-state index contributed by atoms with van der Waals surface area (Å²) >= 11 is 0. The van der Waals surface area contributed by atoms with Crippen molar-refractivity contribution in [3.63, 3.8) is 0 Å². The molecule has 0 radical (unpaired) electrons. The third-order valence-electron chi connectivity index (χ3n) is 5.22. The lowest BCUT2D eigenvalue weighted by molar-refractivity contribution is -0.110. The van der Waals surface area contributed by atoms with Crippen LogP contribution in [0, 0.1) is 5.82 Å². The summed E-state index contributed by atoms with van der Waals surface area (Å²) in [6.45, 7) is 1.83. The van der Waals surface area contributed by atoms with E-state index in [1.165, 1.54) is 23.3 Å². The first-order chi connectivity index (χ1) is 13.7. The maximum atomic E-state index is 13.3.